The van der Waals surface area contributed by atoms with Crippen LogP contribution in [-0.4, -0.2) is 28.9 Å². The molecule has 114 valence electrons. The van der Waals surface area contributed by atoms with Gasteiger partial charge in [-0.25, -0.2) is 15.4 Å². The molecule has 1 aliphatic heterocycles. The van der Waals surface area contributed by atoms with Crippen LogP contribution < -0.4 is 14.9 Å². The third-order valence-corrected chi connectivity index (χ3v) is 3.18. The van der Waals surface area contributed by atoms with E-state index in [4.69, 9.17) is 9.47 Å². The molecule has 1 aliphatic rings. The van der Waals surface area contributed by atoms with Crippen molar-refractivity contribution in [3.05, 3.63) is 41.2 Å². The van der Waals surface area contributed by atoms with Gasteiger partial charge in [0.15, 0.2) is 11.5 Å². The van der Waals surface area contributed by atoms with Crippen LogP contribution in [0, 0.1) is 20.8 Å². The van der Waals surface area contributed by atoms with Crippen molar-refractivity contribution < 1.29 is 9.47 Å². The highest BCUT2D eigenvalue weighted by Crippen LogP contribution is 2.29. The minimum Gasteiger partial charge on any atom is -0.484 e. The van der Waals surface area contributed by atoms with Crippen molar-refractivity contribution >= 4 is 11.7 Å². The number of nitrogens with zero attached hydrogens (tertiary/aromatic N) is 3. The van der Waals surface area contributed by atoms with Crippen LogP contribution in [0.1, 0.15) is 17.0 Å². The van der Waals surface area contributed by atoms with Gasteiger partial charge in [0.25, 0.3) is 0 Å². The number of hydrogen-bond acceptors (Lipinski definition) is 6. The van der Waals surface area contributed by atoms with Crippen LogP contribution in [0.5, 0.6) is 11.5 Å². The lowest BCUT2D eigenvalue weighted by Crippen LogP contribution is -2.18. The van der Waals surface area contributed by atoms with Gasteiger partial charge in [0, 0.05) is 11.4 Å². The molecule has 1 aromatic carbocycles. The molecule has 0 aliphatic carbocycles. The number of ether oxygens (including phenoxy) is 2. The minimum absolute atomic E-state index is 0.369. The van der Waals surface area contributed by atoms with E-state index in [-0.39, 0.29) is 0 Å². The van der Waals surface area contributed by atoms with Crippen LogP contribution in [-0.2, 0) is 0 Å². The number of benzene rings is 1. The van der Waals surface area contributed by atoms with Crippen LogP contribution in [0.3, 0.4) is 0 Å². The summed E-state index contributed by atoms with van der Waals surface area (Å²) in [5, 5.41) is 4.29. The zero-order valence-electron chi connectivity index (χ0n) is 12.9. The monoisotopic (exact) mass is 298 g/mol. The largest absolute Gasteiger partial charge is 0.484 e. The molecule has 6 heteroatoms. The fourth-order valence-corrected chi connectivity index (χ4v) is 2.18. The highest BCUT2D eigenvalue weighted by Gasteiger charge is 2.14. The summed E-state index contributed by atoms with van der Waals surface area (Å²) in [4.78, 5) is 8.56. The Labute approximate surface area is 129 Å². The van der Waals surface area contributed by atoms with E-state index in [1.165, 1.54) is 0 Å². The van der Waals surface area contributed by atoms with Crippen molar-refractivity contribution in [2.75, 3.05) is 18.6 Å². The molecule has 0 bridgehead atoms. The Morgan fingerprint density at radius 2 is 1.64 bits per heavy atom. The van der Waals surface area contributed by atoms with E-state index in [2.05, 4.69) is 20.5 Å². The second-order valence-corrected chi connectivity index (χ2v) is 5.29. The Balaban J connectivity index is 1.71. The Morgan fingerprint density at radius 3 is 2.36 bits per heavy atom. The van der Waals surface area contributed by atoms with Crippen molar-refractivity contribution in [2.24, 2.45) is 5.10 Å². The summed E-state index contributed by atoms with van der Waals surface area (Å²) in [6, 6.07) is 7.77. The Hall–Kier alpha value is -2.63. The number of hydrogen-bond donors (Lipinski definition) is 1. The molecule has 2 heterocycles. The molecular weight excluding hydrogens is 280 g/mol. The van der Waals surface area contributed by atoms with Gasteiger partial charge in [0.05, 0.1) is 0 Å². The quantitative estimate of drug-likeness (QED) is 0.863. The third kappa shape index (κ3) is 3.33. The van der Waals surface area contributed by atoms with Crippen molar-refractivity contribution in [1.29, 1.82) is 0 Å². The molecule has 0 unspecified atom stereocenters. The third-order valence-electron chi connectivity index (χ3n) is 3.18. The smallest absolute Gasteiger partial charge is 0.243 e. The number of fused-ring (bicyclic) bond motifs is 1. The first-order valence-electron chi connectivity index (χ1n) is 7.10. The van der Waals surface area contributed by atoms with Gasteiger partial charge in [-0.1, -0.05) is 6.07 Å². The van der Waals surface area contributed by atoms with Gasteiger partial charge in [-0.15, -0.1) is 0 Å². The number of rotatable bonds is 2. The average Bonchev–Trinajstić information content (AvgIpc) is 2.66. The van der Waals surface area contributed by atoms with E-state index in [1.807, 2.05) is 45.0 Å². The van der Waals surface area contributed by atoms with E-state index in [0.29, 0.717) is 19.2 Å². The summed E-state index contributed by atoms with van der Waals surface area (Å²) in [6.45, 7) is 6.60. The molecule has 3 rings (SSSR count). The molecule has 22 heavy (non-hydrogen) atoms. The number of anilines is 1. The van der Waals surface area contributed by atoms with Gasteiger partial charge in [-0.2, -0.15) is 5.10 Å². The van der Waals surface area contributed by atoms with E-state index >= 15 is 0 Å². The topological polar surface area (TPSA) is 68.6 Å². The number of aromatic nitrogens is 2. The standard InChI is InChI=1S/C16H18N4O2/c1-10-4-5-14-15(6-10)22-9-13(8-21-14)19-20-16-17-11(2)7-12(3)18-16/h4-7H,8-9H2,1-3H3,(H,17,18,20)/b19-13+. The average molecular weight is 298 g/mol. The van der Waals surface area contributed by atoms with Crippen LogP contribution in [0.2, 0.25) is 0 Å². The molecule has 2 aromatic rings. The maximum atomic E-state index is 5.74. The molecular formula is C16H18N4O2. The summed E-state index contributed by atoms with van der Waals surface area (Å²) in [6.07, 6.45) is 0. The summed E-state index contributed by atoms with van der Waals surface area (Å²) >= 11 is 0. The van der Waals surface area contributed by atoms with Crippen molar-refractivity contribution in [2.45, 2.75) is 20.8 Å². The molecule has 0 radical (unpaired) electrons. The van der Waals surface area contributed by atoms with Crippen molar-refractivity contribution in [3.8, 4) is 11.5 Å². The van der Waals surface area contributed by atoms with Gasteiger partial charge in [0.2, 0.25) is 5.95 Å². The van der Waals surface area contributed by atoms with Crippen molar-refractivity contribution in [1.82, 2.24) is 9.97 Å². The van der Waals surface area contributed by atoms with Gasteiger partial charge in [-0.3, -0.25) is 0 Å². The van der Waals surface area contributed by atoms with Gasteiger partial charge < -0.3 is 9.47 Å². The van der Waals surface area contributed by atoms with E-state index < -0.39 is 0 Å². The number of aryl methyl sites for hydroxylation is 3. The predicted molar refractivity (Wildman–Crippen MR) is 84.7 cm³/mol. The lowest BCUT2D eigenvalue weighted by molar-refractivity contribution is 0.354. The Kier molecular flexibility index (Phi) is 3.91. The first-order valence-corrected chi connectivity index (χ1v) is 7.10. The molecule has 1 aromatic heterocycles. The van der Waals surface area contributed by atoms with Crippen LogP contribution >= 0.6 is 0 Å². The molecule has 0 saturated carbocycles. The first kappa shape index (κ1) is 14.3. The minimum atomic E-state index is 0.369. The van der Waals surface area contributed by atoms with E-state index in [9.17, 15) is 0 Å². The molecule has 0 saturated heterocycles. The van der Waals surface area contributed by atoms with Crippen LogP contribution in [0.25, 0.3) is 0 Å². The van der Waals surface area contributed by atoms with E-state index in [0.717, 1.165) is 34.2 Å². The predicted octanol–water partition coefficient (Wildman–Crippen LogP) is 2.64. The zero-order valence-corrected chi connectivity index (χ0v) is 12.9. The summed E-state index contributed by atoms with van der Waals surface area (Å²) in [7, 11) is 0. The van der Waals surface area contributed by atoms with E-state index in [1.54, 1.807) is 0 Å². The summed E-state index contributed by atoms with van der Waals surface area (Å²) in [5.74, 6) is 1.95. The highest BCUT2D eigenvalue weighted by molar-refractivity contribution is 5.88. The van der Waals surface area contributed by atoms with Gasteiger partial charge in [0.1, 0.15) is 18.9 Å². The fourth-order valence-electron chi connectivity index (χ4n) is 2.18. The molecule has 0 spiro atoms. The fraction of sp³-hybridized carbons (Fsp3) is 0.312. The van der Waals surface area contributed by atoms with Crippen LogP contribution in [0.15, 0.2) is 29.4 Å². The summed E-state index contributed by atoms with van der Waals surface area (Å²) in [5.41, 5.74) is 6.53. The summed E-state index contributed by atoms with van der Waals surface area (Å²) < 4.78 is 11.5. The molecule has 6 nitrogen and oxygen atoms in total. The SMILES string of the molecule is Cc1ccc2c(c1)OC/C(=N/Nc1nc(C)cc(C)n1)CO2. The molecule has 0 amide bonds. The number of nitrogens with one attached hydrogen (secondary N) is 1. The van der Waals surface area contributed by atoms with Crippen LogP contribution in [0.4, 0.5) is 5.95 Å². The lowest BCUT2D eigenvalue weighted by atomic mass is 10.2. The Bertz CT molecular complexity index is 708. The van der Waals surface area contributed by atoms with Crippen molar-refractivity contribution in [3.63, 3.8) is 0 Å². The zero-order chi connectivity index (χ0) is 15.5. The molecule has 0 fully saturated rings. The second kappa shape index (κ2) is 6.01. The second-order valence-electron chi connectivity index (χ2n) is 5.29. The van der Waals surface area contributed by atoms with Gasteiger partial charge in [-0.05, 0) is 44.5 Å². The maximum absolute atomic E-state index is 5.74. The first-order chi connectivity index (χ1) is 10.6. The molecule has 1 N–H and O–H groups in total. The van der Waals surface area contributed by atoms with Gasteiger partial charge >= 0.3 is 0 Å². The Morgan fingerprint density at radius 1 is 0.955 bits per heavy atom. The normalized spacial score (nSPS) is 15.5. The highest BCUT2D eigenvalue weighted by atomic mass is 16.5. The maximum Gasteiger partial charge on any atom is 0.243 e. The number of hydrazone groups is 1. The lowest BCUT2D eigenvalue weighted by Gasteiger charge is -2.06. The molecule has 0 atom stereocenters.